The zero-order chi connectivity index (χ0) is 17.3. The number of carbonyl (C=O) groups is 3. The Morgan fingerprint density at radius 1 is 1.39 bits per heavy atom. The van der Waals surface area contributed by atoms with Crippen molar-refractivity contribution in [2.45, 2.75) is 19.1 Å². The molecule has 23 heavy (non-hydrogen) atoms. The monoisotopic (exact) mass is 322 g/mol. The number of Topliss-reactive ketones (excluding diaryl/α,β-unsaturated/α-hetero) is 1. The summed E-state index contributed by atoms with van der Waals surface area (Å²) < 4.78 is 0. The number of aliphatic hydroxyl groups excluding tert-OH is 1. The SMILES string of the molecule is CC(=O)C1C(O)C(=O)N(CC(=O)O)C1c1cccc([N+](=O)[O-])c1. The Labute approximate surface area is 130 Å². The first kappa shape index (κ1) is 16.6. The number of nitro benzene ring substituents is 1. The molecule has 9 heteroatoms. The maximum absolute atomic E-state index is 12.1. The molecule has 2 rings (SSSR count). The maximum atomic E-state index is 12.1. The summed E-state index contributed by atoms with van der Waals surface area (Å²) in [6.07, 6.45) is -1.67. The van der Waals surface area contributed by atoms with Gasteiger partial charge in [0.1, 0.15) is 18.4 Å². The molecular weight excluding hydrogens is 308 g/mol. The summed E-state index contributed by atoms with van der Waals surface area (Å²) in [7, 11) is 0. The first-order valence-electron chi connectivity index (χ1n) is 6.69. The van der Waals surface area contributed by atoms with Crippen molar-refractivity contribution in [1.82, 2.24) is 4.90 Å². The van der Waals surface area contributed by atoms with E-state index in [9.17, 15) is 29.6 Å². The van der Waals surface area contributed by atoms with Crippen molar-refractivity contribution in [2.75, 3.05) is 6.54 Å². The molecular formula is C14H14N2O7. The van der Waals surface area contributed by atoms with Crippen molar-refractivity contribution in [3.8, 4) is 0 Å². The predicted molar refractivity (Wildman–Crippen MR) is 75.4 cm³/mol. The number of rotatable bonds is 5. The van der Waals surface area contributed by atoms with Crippen molar-refractivity contribution in [1.29, 1.82) is 0 Å². The molecule has 0 aliphatic carbocycles. The zero-order valence-corrected chi connectivity index (χ0v) is 12.1. The van der Waals surface area contributed by atoms with Crippen molar-refractivity contribution < 1.29 is 29.5 Å². The molecule has 1 fully saturated rings. The normalized spacial score (nSPS) is 23.8. The maximum Gasteiger partial charge on any atom is 0.323 e. The molecule has 1 heterocycles. The van der Waals surface area contributed by atoms with Crippen LogP contribution in [0.1, 0.15) is 18.5 Å². The second-order valence-corrected chi connectivity index (χ2v) is 5.24. The summed E-state index contributed by atoms with van der Waals surface area (Å²) in [6, 6.07) is 4.17. The molecule has 0 bridgehead atoms. The number of hydrogen-bond acceptors (Lipinski definition) is 6. The number of carboxylic acid groups (broad SMARTS) is 1. The average Bonchev–Trinajstić information content (AvgIpc) is 2.71. The molecule has 1 aromatic carbocycles. The van der Waals surface area contributed by atoms with E-state index in [-0.39, 0.29) is 11.3 Å². The van der Waals surface area contributed by atoms with Gasteiger partial charge in [-0.2, -0.15) is 0 Å². The quantitative estimate of drug-likeness (QED) is 0.580. The molecule has 122 valence electrons. The zero-order valence-electron chi connectivity index (χ0n) is 12.1. The van der Waals surface area contributed by atoms with E-state index in [2.05, 4.69) is 0 Å². The lowest BCUT2D eigenvalue weighted by Gasteiger charge is -2.25. The minimum Gasteiger partial charge on any atom is -0.480 e. The molecule has 0 spiro atoms. The van der Waals surface area contributed by atoms with E-state index in [0.717, 1.165) is 4.90 Å². The van der Waals surface area contributed by atoms with Crippen molar-refractivity contribution in [3.05, 3.63) is 39.9 Å². The van der Waals surface area contributed by atoms with Crippen molar-refractivity contribution in [3.63, 3.8) is 0 Å². The number of nitrogens with zero attached hydrogens (tertiary/aromatic N) is 2. The minimum atomic E-state index is -1.67. The van der Waals surface area contributed by atoms with Gasteiger partial charge in [0, 0.05) is 12.1 Å². The summed E-state index contributed by atoms with van der Waals surface area (Å²) in [5.74, 6) is -3.88. The molecule has 0 saturated carbocycles. The van der Waals surface area contributed by atoms with Gasteiger partial charge in [-0.3, -0.25) is 24.5 Å². The van der Waals surface area contributed by atoms with Crippen LogP contribution in [0.5, 0.6) is 0 Å². The molecule has 0 radical (unpaired) electrons. The van der Waals surface area contributed by atoms with E-state index >= 15 is 0 Å². The lowest BCUT2D eigenvalue weighted by molar-refractivity contribution is -0.385. The fourth-order valence-electron chi connectivity index (χ4n) is 2.80. The summed E-state index contributed by atoms with van der Waals surface area (Å²) in [4.78, 5) is 46.0. The summed E-state index contributed by atoms with van der Waals surface area (Å²) in [5, 5.41) is 29.8. The van der Waals surface area contributed by atoms with Gasteiger partial charge in [-0.25, -0.2) is 0 Å². The number of amides is 1. The second-order valence-electron chi connectivity index (χ2n) is 5.24. The van der Waals surface area contributed by atoms with Gasteiger partial charge in [-0.05, 0) is 12.5 Å². The third-order valence-corrected chi connectivity index (χ3v) is 3.75. The topological polar surface area (TPSA) is 138 Å². The van der Waals surface area contributed by atoms with Crippen molar-refractivity contribution in [2.24, 2.45) is 5.92 Å². The highest BCUT2D eigenvalue weighted by Gasteiger charge is 2.50. The first-order chi connectivity index (χ1) is 10.7. The van der Waals surface area contributed by atoms with Gasteiger partial charge in [-0.15, -0.1) is 0 Å². The number of aliphatic hydroxyl groups is 1. The van der Waals surface area contributed by atoms with Crippen LogP contribution >= 0.6 is 0 Å². The lowest BCUT2D eigenvalue weighted by atomic mass is 9.89. The van der Waals surface area contributed by atoms with Gasteiger partial charge < -0.3 is 15.1 Å². The molecule has 1 saturated heterocycles. The Hall–Kier alpha value is -2.81. The van der Waals surface area contributed by atoms with Gasteiger partial charge in [0.2, 0.25) is 0 Å². The van der Waals surface area contributed by atoms with E-state index in [0.29, 0.717) is 0 Å². The number of ketones is 1. The summed E-state index contributed by atoms with van der Waals surface area (Å²) in [5.41, 5.74) is -0.0283. The largest absolute Gasteiger partial charge is 0.480 e. The van der Waals surface area contributed by atoms with Crippen LogP contribution in [0.15, 0.2) is 24.3 Å². The fourth-order valence-corrected chi connectivity index (χ4v) is 2.80. The number of benzene rings is 1. The minimum absolute atomic E-state index is 0.227. The van der Waals surface area contributed by atoms with Crippen molar-refractivity contribution >= 4 is 23.3 Å². The summed E-state index contributed by atoms with van der Waals surface area (Å²) >= 11 is 0. The fraction of sp³-hybridized carbons (Fsp3) is 0.357. The summed E-state index contributed by atoms with van der Waals surface area (Å²) in [6.45, 7) is 0.461. The Bertz CT molecular complexity index is 687. The Kier molecular flexibility index (Phi) is 4.41. The van der Waals surface area contributed by atoms with Crippen LogP contribution < -0.4 is 0 Å². The van der Waals surface area contributed by atoms with Crippen LogP contribution in [0.4, 0.5) is 5.69 Å². The highest BCUT2D eigenvalue weighted by Crippen LogP contribution is 2.39. The highest BCUT2D eigenvalue weighted by molar-refractivity contribution is 5.95. The lowest BCUT2D eigenvalue weighted by Crippen LogP contribution is -2.35. The van der Waals surface area contributed by atoms with E-state index in [1.807, 2.05) is 0 Å². The van der Waals surface area contributed by atoms with E-state index in [4.69, 9.17) is 5.11 Å². The number of aliphatic carboxylic acids is 1. The predicted octanol–water partition coefficient (Wildman–Crippen LogP) is 0.129. The molecule has 2 N–H and O–H groups in total. The number of nitro groups is 1. The number of carbonyl (C=O) groups excluding carboxylic acids is 2. The second kappa shape index (κ2) is 6.13. The van der Waals surface area contributed by atoms with Crippen LogP contribution in [0.2, 0.25) is 0 Å². The average molecular weight is 322 g/mol. The van der Waals surface area contributed by atoms with Gasteiger partial charge >= 0.3 is 5.97 Å². The van der Waals surface area contributed by atoms with Gasteiger partial charge in [0.25, 0.3) is 11.6 Å². The van der Waals surface area contributed by atoms with Crippen LogP contribution in [0.3, 0.4) is 0 Å². The molecule has 1 aliphatic heterocycles. The smallest absolute Gasteiger partial charge is 0.323 e. The number of hydrogen-bond donors (Lipinski definition) is 2. The van der Waals surface area contributed by atoms with Crippen LogP contribution in [-0.2, 0) is 14.4 Å². The van der Waals surface area contributed by atoms with E-state index in [1.165, 1.54) is 31.2 Å². The van der Waals surface area contributed by atoms with Crippen LogP contribution in [0.25, 0.3) is 0 Å². The van der Waals surface area contributed by atoms with Crippen LogP contribution in [-0.4, -0.2) is 50.3 Å². The standard InChI is InChI=1S/C14H14N2O7/c1-7(17)11-12(8-3-2-4-9(5-8)16(22)23)15(6-10(18)19)14(21)13(11)20/h2-5,11-13,20H,6H2,1H3,(H,18,19). The molecule has 1 amide bonds. The molecule has 3 unspecified atom stereocenters. The molecule has 0 aromatic heterocycles. The first-order valence-corrected chi connectivity index (χ1v) is 6.69. The number of non-ortho nitro benzene ring substituents is 1. The highest BCUT2D eigenvalue weighted by atomic mass is 16.6. The molecule has 9 nitrogen and oxygen atoms in total. The van der Waals surface area contributed by atoms with E-state index < -0.39 is 47.2 Å². The van der Waals surface area contributed by atoms with Gasteiger partial charge in [-0.1, -0.05) is 12.1 Å². The van der Waals surface area contributed by atoms with Gasteiger partial charge in [0.15, 0.2) is 0 Å². The van der Waals surface area contributed by atoms with Gasteiger partial charge in [0.05, 0.1) is 16.9 Å². The van der Waals surface area contributed by atoms with E-state index in [1.54, 1.807) is 0 Å². The Morgan fingerprint density at radius 3 is 2.57 bits per heavy atom. The number of carboxylic acids is 1. The molecule has 3 atom stereocenters. The molecule has 1 aliphatic rings. The third kappa shape index (κ3) is 3.04. The number of likely N-dealkylation sites (tertiary alicyclic amines) is 1. The third-order valence-electron chi connectivity index (χ3n) is 3.75. The van der Waals surface area contributed by atoms with Crippen LogP contribution in [0, 0.1) is 16.0 Å². The molecule has 1 aromatic rings. The Balaban J connectivity index is 2.54. The Morgan fingerprint density at radius 2 is 2.04 bits per heavy atom.